The Bertz CT molecular complexity index is 1440. The Morgan fingerprint density at radius 3 is 2.35 bits per heavy atom. The van der Waals surface area contributed by atoms with Crippen molar-refractivity contribution < 1.29 is 4.79 Å². The summed E-state index contributed by atoms with van der Waals surface area (Å²) in [5.41, 5.74) is 2.89. The summed E-state index contributed by atoms with van der Waals surface area (Å²) in [5.74, 6) is -0.359. The summed E-state index contributed by atoms with van der Waals surface area (Å²) in [6, 6.07) is 24.0. The Morgan fingerprint density at radius 2 is 1.58 bits per heavy atom. The lowest BCUT2D eigenvalue weighted by atomic mass is 10.0. The van der Waals surface area contributed by atoms with Crippen LogP contribution in [0.5, 0.6) is 0 Å². The first kappa shape index (κ1) is 18.4. The third kappa shape index (κ3) is 3.58. The molecule has 2 heterocycles. The minimum Gasteiger partial charge on any atom is -0.321 e. The minimum absolute atomic E-state index is 0.209. The molecule has 0 aliphatic carbocycles. The minimum atomic E-state index is -0.359. The van der Waals surface area contributed by atoms with Crippen LogP contribution < -0.4 is 10.9 Å². The molecule has 2 aromatic heterocycles. The van der Waals surface area contributed by atoms with Gasteiger partial charge >= 0.3 is 0 Å². The van der Waals surface area contributed by atoms with E-state index in [1.54, 1.807) is 29.1 Å². The summed E-state index contributed by atoms with van der Waals surface area (Å²) in [7, 11) is 0. The van der Waals surface area contributed by atoms with Crippen molar-refractivity contribution >= 4 is 22.4 Å². The molecule has 0 aliphatic heterocycles. The van der Waals surface area contributed by atoms with Gasteiger partial charge in [-0.3, -0.25) is 9.59 Å². The highest BCUT2D eigenvalue weighted by Crippen LogP contribution is 2.25. The van der Waals surface area contributed by atoms with Gasteiger partial charge in [0.1, 0.15) is 0 Å². The predicted octanol–water partition coefficient (Wildman–Crippen LogP) is 3.42. The van der Waals surface area contributed by atoms with Crippen molar-refractivity contribution in [3.05, 3.63) is 101 Å². The zero-order valence-corrected chi connectivity index (χ0v) is 16.2. The number of amides is 1. The maximum absolute atomic E-state index is 12.5. The van der Waals surface area contributed by atoms with Crippen LogP contribution in [0, 0.1) is 0 Å². The van der Waals surface area contributed by atoms with Crippen LogP contribution in [0.1, 0.15) is 10.5 Å². The average molecular weight is 408 g/mol. The predicted molar refractivity (Wildman–Crippen MR) is 117 cm³/mol. The molecular weight excluding hydrogens is 392 g/mol. The van der Waals surface area contributed by atoms with Crippen molar-refractivity contribution in [2.45, 2.75) is 0 Å². The first-order valence-electron chi connectivity index (χ1n) is 9.56. The fraction of sp³-hybridized carbons (Fsp3) is 0. The molecule has 0 unspecified atom stereocenters. The lowest BCUT2D eigenvalue weighted by Gasteiger charge is -2.07. The van der Waals surface area contributed by atoms with E-state index in [2.05, 4.69) is 25.8 Å². The van der Waals surface area contributed by atoms with Gasteiger partial charge < -0.3 is 5.32 Å². The second kappa shape index (κ2) is 7.68. The van der Waals surface area contributed by atoms with Gasteiger partial charge in [-0.1, -0.05) is 53.7 Å². The first-order chi connectivity index (χ1) is 15.2. The molecule has 8 heteroatoms. The second-order valence-electron chi connectivity index (χ2n) is 6.86. The summed E-state index contributed by atoms with van der Waals surface area (Å²) in [5, 5.41) is 18.8. The Kier molecular flexibility index (Phi) is 4.57. The van der Waals surface area contributed by atoms with Gasteiger partial charge in [0.25, 0.3) is 11.5 Å². The molecule has 0 saturated heterocycles. The number of anilines is 1. The molecule has 150 valence electrons. The van der Waals surface area contributed by atoms with E-state index in [-0.39, 0.29) is 17.2 Å². The first-order valence-corrected chi connectivity index (χ1v) is 9.56. The van der Waals surface area contributed by atoms with Crippen LogP contribution in [0.3, 0.4) is 0 Å². The van der Waals surface area contributed by atoms with Gasteiger partial charge in [-0.05, 0) is 30.3 Å². The van der Waals surface area contributed by atoms with Crippen LogP contribution in [-0.4, -0.2) is 31.1 Å². The maximum Gasteiger partial charge on any atom is 0.277 e. The Morgan fingerprint density at radius 1 is 0.871 bits per heavy atom. The van der Waals surface area contributed by atoms with Crippen molar-refractivity contribution in [2.24, 2.45) is 0 Å². The van der Waals surface area contributed by atoms with E-state index in [1.807, 2.05) is 60.7 Å². The zero-order valence-electron chi connectivity index (χ0n) is 16.2. The number of hydrogen-bond acceptors (Lipinski definition) is 5. The van der Waals surface area contributed by atoms with Crippen LogP contribution in [0.4, 0.5) is 5.69 Å². The maximum atomic E-state index is 12.5. The fourth-order valence-electron chi connectivity index (χ4n) is 3.32. The van der Waals surface area contributed by atoms with E-state index in [0.29, 0.717) is 16.8 Å². The van der Waals surface area contributed by atoms with Gasteiger partial charge in [0.05, 0.1) is 23.0 Å². The van der Waals surface area contributed by atoms with Gasteiger partial charge in [0.2, 0.25) is 0 Å². The fourth-order valence-corrected chi connectivity index (χ4v) is 3.32. The number of carbonyl (C=O) groups is 1. The summed E-state index contributed by atoms with van der Waals surface area (Å²) in [6.07, 6.45) is 1.58. The molecular formula is C23H16N6O2. The van der Waals surface area contributed by atoms with Gasteiger partial charge in [-0.25, -0.2) is 9.78 Å². The Balaban J connectivity index is 1.37. The number of carbonyl (C=O) groups excluding carboxylic acids is 1. The molecule has 31 heavy (non-hydrogen) atoms. The number of benzene rings is 3. The quantitative estimate of drug-likeness (QED) is 0.474. The molecule has 3 aromatic carbocycles. The molecule has 0 aliphatic rings. The largest absolute Gasteiger partial charge is 0.321 e. The number of rotatable bonds is 4. The number of para-hydroxylation sites is 1. The van der Waals surface area contributed by atoms with E-state index in [0.717, 1.165) is 16.6 Å². The highest BCUT2D eigenvalue weighted by molar-refractivity contribution is 6.03. The molecule has 5 rings (SSSR count). The standard InChI is InChI=1S/C23H16N6O2/c30-22-19-9-5-4-8-18(19)21(26-27-22)15-10-12-16(13-11-15)24-23(31)20-14-29(28-25-20)17-6-2-1-3-7-17/h1-14H,(H,24,31)(H,27,30). The molecule has 8 nitrogen and oxygen atoms in total. The number of aromatic amines is 1. The van der Waals surface area contributed by atoms with Crippen LogP contribution in [0.25, 0.3) is 27.7 Å². The third-order valence-corrected chi connectivity index (χ3v) is 4.86. The molecule has 0 spiro atoms. The normalized spacial score (nSPS) is 10.8. The van der Waals surface area contributed by atoms with E-state index < -0.39 is 0 Å². The number of nitrogens with one attached hydrogen (secondary N) is 2. The molecule has 0 atom stereocenters. The zero-order chi connectivity index (χ0) is 21.2. The van der Waals surface area contributed by atoms with Crippen molar-refractivity contribution in [3.8, 4) is 16.9 Å². The van der Waals surface area contributed by atoms with E-state index in [4.69, 9.17) is 0 Å². The van der Waals surface area contributed by atoms with Gasteiger partial charge in [-0.15, -0.1) is 5.10 Å². The lowest BCUT2D eigenvalue weighted by molar-refractivity contribution is 0.102. The molecule has 0 fully saturated rings. The van der Waals surface area contributed by atoms with Crippen molar-refractivity contribution in [1.82, 2.24) is 25.2 Å². The number of nitrogens with zero attached hydrogens (tertiary/aromatic N) is 4. The summed E-state index contributed by atoms with van der Waals surface area (Å²) >= 11 is 0. The van der Waals surface area contributed by atoms with Crippen molar-refractivity contribution in [1.29, 1.82) is 0 Å². The summed E-state index contributed by atoms with van der Waals surface area (Å²) < 4.78 is 1.55. The molecule has 0 saturated carbocycles. The Labute approximate surface area is 176 Å². The molecule has 0 bridgehead atoms. The summed E-state index contributed by atoms with van der Waals surface area (Å²) in [4.78, 5) is 24.5. The number of hydrogen-bond donors (Lipinski definition) is 2. The van der Waals surface area contributed by atoms with Gasteiger partial charge in [0, 0.05) is 16.6 Å². The average Bonchev–Trinajstić information content (AvgIpc) is 3.32. The highest BCUT2D eigenvalue weighted by atomic mass is 16.2. The number of fused-ring (bicyclic) bond motifs is 1. The SMILES string of the molecule is O=C(Nc1ccc(-c2n[nH]c(=O)c3ccccc23)cc1)c1cn(-c2ccccc2)nn1. The van der Waals surface area contributed by atoms with E-state index in [9.17, 15) is 9.59 Å². The Hall–Kier alpha value is -4.59. The second-order valence-corrected chi connectivity index (χ2v) is 6.86. The van der Waals surface area contributed by atoms with E-state index in [1.165, 1.54) is 0 Å². The van der Waals surface area contributed by atoms with Crippen LogP contribution >= 0.6 is 0 Å². The summed E-state index contributed by atoms with van der Waals surface area (Å²) in [6.45, 7) is 0. The van der Waals surface area contributed by atoms with Crippen molar-refractivity contribution in [3.63, 3.8) is 0 Å². The molecule has 5 aromatic rings. The van der Waals surface area contributed by atoms with Crippen LogP contribution in [0.2, 0.25) is 0 Å². The highest BCUT2D eigenvalue weighted by Gasteiger charge is 2.13. The smallest absolute Gasteiger partial charge is 0.277 e. The van der Waals surface area contributed by atoms with Crippen LogP contribution in [0.15, 0.2) is 89.9 Å². The van der Waals surface area contributed by atoms with Crippen LogP contribution in [-0.2, 0) is 0 Å². The number of aromatic nitrogens is 5. The lowest BCUT2D eigenvalue weighted by Crippen LogP contribution is -2.12. The molecule has 0 radical (unpaired) electrons. The topological polar surface area (TPSA) is 106 Å². The number of H-pyrrole nitrogens is 1. The van der Waals surface area contributed by atoms with Gasteiger partial charge in [0.15, 0.2) is 5.69 Å². The van der Waals surface area contributed by atoms with Gasteiger partial charge in [-0.2, -0.15) is 5.10 Å². The molecule has 2 N–H and O–H groups in total. The van der Waals surface area contributed by atoms with E-state index >= 15 is 0 Å². The molecule has 1 amide bonds. The third-order valence-electron chi connectivity index (χ3n) is 4.86. The van der Waals surface area contributed by atoms with Crippen molar-refractivity contribution in [2.75, 3.05) is 5.32 Å². The monoisotopic (exact) mass is 408 g/mol.